The first-order chi connectivity index (χ1) is 15.6. The number of benzene rings is 1. The number of nitrogens with one attached hydrogen (secondary N) is 2. The molecule has 1 aromatic carbocycles. The number of hydrogen-bond donors (Lipinski definition) is 2. The summed E-state index contributed by atoms with van der Waals surface area (Å²) in [4.78, 5) is 13.7. The van der Waals surface area contributed by atoms with Crippen LogP contribution in [0.3, 0.4) is 0 Å². The smallest absolute Gasteiger partial charge is 0.191 e. The molecule has 0 aliphatic carbocycles. The second-order valence-corrected chi connectivity index (χ2v) is 8.05. The Labute approximate surface area is 214 Å². The van der Waals surface area contributed by atoms with E-state index in [1.807, 2.05) is 6.20 Å². The summed E-state index contributed by atoms with van der Waals surface area (Å²) < 4.78 is 11.0. The van der Waals surface area contributed by atoms with Gasteiger partial charge in [-0.25, -0.2) is 4.98 Å². The van der Waals surface area contributed by atoms with Crippen LogP contribution in [0.15, 0.2) is 41.5 Å². The summed E-state index contributed by atoms with van der Waals surface area (Å²) in [5.41, 5.74) is 3.36. The molecule has 0 radical (unpaired) electrons. The van der Waals surface area contributed by atoms with E-state index >= 15 is 0 Å². The van der Waals surface area contributed by atoms with Crippen LogP contribution in [0.1, 0.15) is 16.7 Å². The Morgan fingerprint density at radius 1 is 1.06 bits per heavy atom. The fourth-order valence-corrected chi connectivity index (χ4v) is 3.51. The fourth-order valence-electron chi connectivity index (χ4n) is 3.51. The van der Waals surface area contributed by atoms with E-state index in [0.717, 1.165) is 60.4 Å². The summed E-state index contributed by atoms with van der Waals surface area (Å²) in [5, 5.41) is 6.73. The van der Waals surface area contributed by atoms with Gasteiger partial charge in [-0.05, 0) is 37.2 Å². The van der Waals surface area contributed by atoms with Crippen molar-refractivity contribution in [2.75, 3.05) is 65.5 Å². The predicted molar refractivity (Wildman–Crippen MR) is 145 cm³/mol. The van der Waals surface area contributed by atoms with Gasteiger partial charge in [-0.15, -0.1) is 24.0 Å². The van der Waals surface area contributed by atoms with Crippen LogP contribution in [-0.2, 0) is 17.8 Å². The number of ether oxygens (including phenoxy) is 2. The van der Waals surface area contributed by atoms with Gasteiger partial charge in [-0.2, -0.15) is 0 Å². The Bertz CT molecular complexity index is 870. The number of hydrogen-bond acceptors (Lipinski definition) is 6. The van der Waals surface area contributed by atoms with Gasteiger partial charge in [0.1, 0.15) is 18.2 Å². The highest BCUT2D eigenvalue weighted by Crippen LogP contribution is 2.20. The molecule has 9 heteroatoms. The van der Waals surface area contributed by atoms with Gasteiger partial charge < -0.3 is 29.9 Å². The molecule has 0 atom stereocenters. The molecule has 33 heavy (non-hydrogen) atoms. The van der Waals surface area contributed by atoms with Gasteiger partial charge in [0.2, 0.25) is 0 Å². The first-order valence-electron chi connectivity index (χ1n) is 11.1. The number of halogens is 1. The molecule has 0 spiro atoms. The zero-order valence-corrected chi connectivity index (χ0v) is 22.5. The Balaban J connectivity index is 0.00000385. The number of nitrogens with zero attached hydrogens (tertiary/aromatic N) is 4. The van der Waals surface area contributed by atoms with Crippen molar-refractivity contribution < 1.29 is 9.47 Å². The van der Waals surface area contributed by atoms with Crippen molar-refractivity contribution >= 4 is 35.8 Å². The SMILES string of the molecule is CN=C(NCc1ccc(N2CCN(C)CC2)nc1)NCc1ccc(C)cc1OCCOC.I. The quantitative estimate of drug-likeness (QED) is 0.209. The third-order valence-electron chi connectivity index (χ3n) is 5.53. The zero-order chi connectivity index (χ0) is 22.8. The van der Waals surface area contributed by atoms with Crippen molar-refractivity contribution in [3.63, 3.8) is 0 Å². The largest absolute Gasteiger partial charge is 0.491 e. The van der Waals surface area contributed by atoms with Crippen molar-refractivity contribution in [3.05, 3.63) is 53.2 Å². The molecule has 1 aliphatic heterocycles. The predicted octanol–water partition coefficient (Wildman–Crippen LogP) is 2.65. The van der Waals surface area contributed by atoms with Gasteiger partial charge in [-0.1, -0.05) is 18.2 Å². The first-order valence-corrected chi connectivity index (χ1v) is 11.1. The molecule has 0 unspecified atom stereocenters. The average molecular weight is 569 g/mol. The van der Waals surface area contributed by atoms with Gasteiger partial charge in [-0.3, -0.25) is 4.99 Å². The van der Waals surface area contributed by atoms with Crippen LogP contribution in [0.5, 0.6) is 5.75 Å². The Morgan fingerprint density at radius 3 is 2.48 bits per heavy atom. The van der Waals surface area contributed by atoms with Crippen LogP contribution in [0.25, 0.3) is 0 Å². The molecule has 1 saturated heterocycles. The van der Waals surface area contributed by atoms with E-state index in [1.165, 1.54) is 0 Å². The molecule has 8 nitrogen and oxygen atoms in total. The highest BCUT2D eigenvalue weighted by Gasteiger charge is 2.15. The number of aromatic nitrogens is 1. The number of aryl methyl sites for hydroxylation is 1. The topological polar surface area (TPSA) is 74.3 Å². The minimum absolute atomic E-state index is 0. The van der Waals surface area contributed by atoms with Gasteiger partial charge in [0.05, 0.1) is 6.61 Å². The van der Waals surface area contributed by atoms with E-state index in [1.54, 1.807) is 14.2 Å². The number of piperazine rings is 1. The average Bonchev–Trinajstić information content (AvgIpc) is 2.81. The molecular weight excluding hydrogens is 531 g/mol. The molecule has 1 fully saturated rings. The maximum Gasteiger partial charge on any atom is 0.191 e. The second-order valence-electron chi connectivity index (χ2n) is 8.05. The van der Waals surface area contributed by atoms with Gasteiger partial charge >= 0.3 is 0 Å². The van der Waals surface area contributed by atoms with Crippen molar-refractivity contribution in [2.45, 2.75) is 20.0 Å². The lowest BCUT2D eigenvalue weighted by molar-refractivity contribution is 0.145. The van der Waals surface area contributed by atoms with Crippen LogP contribution in [0.4, 0.5) is 5.82 Å². The maximum atomic E-state index is 5.88. The third-order valence-corrected chi connectivity index (χ3v) is 5.53. The molecule has 1 aliphatic rings. The van der Waals surface area contributed by atoms with E-state index in [9.17, 15) is 0 Å². The highest BCUT2D eigenvalue weighted by molar-refractivity contribution is 14.0. The second kappa shape index (κ2) is 14.2. The maximum absolute atomic E-state index is 5.88. The summed E-state index contributed by atoms with van der Waals surface area (Å²) in [6, 6.07) is 10.5. The fraction of sp³-hybridized carbons (Fsp3) is 0.500. The lowest BCUT2D eigenvalue weighted by Gasteiger charge is -2.33. The van der Waals surface area contributed by atoms with E-state index in [-0.39, 0.29) is 24.0 Å². The standard InChI is InChI=1S/C24H36N6O2.HI/c1-19-5-7-21(22(15-19)32-14-13-31-4)18-28-24(25-2)27-17-20-6-8-23(26-16-20)30-11-9-29(3)10-12-30;/h5-8,15-16H,9-14,17-18H2,1-4H3,(H2,25,27,28);1H. The Morgan fingerprint density at radius 2 is 1.82 bits per heavy atom. The van der Waals surface area contributed by atoms with Crippen molar-refractivity contribution in [2.24, 2.45) is 4.99 Å². The molecule has 0 bridgehead atoms. The summed E-state index contributed by atoms with van der Waals surface area (Å²) in [6.45, 7) is 8.61. The van der Waals surface area contributed by atoms with Gasteiger partial charge in [0.15, 0.2) is 5.96 Å². The Hall–Kier alpha value is -2.11. The van der Waals surface area contributed by atoms with Crippen LogP contribution in [-0.4, -0.2) is 76.4 Å². The van der Waals surface area contributed by atoms with Crippen LogP contribution in [0.2, 0.25) is 0 Å². The van der Waals surface area contributed by atoms with Crippen LogP contribution < -0.4 is 20.3 Å². The van der Waals surface area contributed by atoms with Crippen molar-refractivity contribution in [1.82, 2.24) is 20.5 Å². The first kappa shape index (κ1) is 27.1. The number of pyridine rings is 1. The summed E-state index contributed by atoms with van der Waals surface area (Å²) in [7, 11) is 5.61. The van der Waals surface area contributed by atoms with E-state index < -0.39 is 0 Å². The normalized spacial score (nSPS) is 14.5. The van der Waals surface area contributed by atoms with E-state index in [0.29, 0.717) is 26.3 Å². The number of likely N-dealkylation sites (N-methyl/N-ethyl adjacent to an activating group) is 1. The number of guanidine groups is 1. The van der Waals surface area contributed by atoms with Crippen molar-refractivity contribution in [3.8, 4) is 5.75 Å². The molecule has 2 aromatic rings. The molecule has 1 aromatic heterocycles. The molecule has 2 heterocycles. The molecule has 2 N–H and O–H groups in total. The molecule has 0 saturated carbocycles. The van der Waals surface area contributed by atoms with Gasteiger partial charge in [0, 0.05) is 65.2 Å². The van der Waals surface area contributed by atoms with Gasteiger partial charge in [0.25, 0.3) is 0 Å². The third kappa shape index (κ3) is 8.63. The number of aliphatic imine (C=N–C) groups is 1. The molecule has 3 rings (SSSR count). The summed E-state index contributed by atoms with van der Waals surface area (Å²) >= 11 is 0. The molecule has 0 amide bonds. The van der Waals surface area contributed by atoms with Crippen LogP contribution in [0, 0.1) is 6.92 Å². The van der Waals surface area contributed by atoms with E-state index in [4.69, 9.17) is 9.47 Å². The highest BCUT2D eigenvalue weighted by atomic mass is 127. The summed E-state index contributed by atoms with van der Waals surface area (Å²) in [6.07, 6.45) is 1.94. The van der Waals surface area contributed by atoms with Crippen LogP contribution >= 0.6 is 24.0 Å². The van der Waals surface area contributed by atoms with Crippen molar-refractivity contribution in [1.29, 1.82) is 0 Å². The lowest BCUT2D eigenvalue weighted by Crippen LogP contribution is -2.44. The number of rotatable bonds is 9. The minimum Gasteiger partial charge on any atom is -0.491 e. The molecular formula is C24H37IN6O2. The zero-order valence-electron chi connectivity index (χ0n) is 20.1. The lowest BCUT2D eigenvalue weighted by atomic mass is 10.1. The monoisotopic (exact) mass is 568 g/mol. The number of anilines is 1. The summed E-state index contributed by atoms with van der Waals surface area (Å²) in [5.74, 6) is 2.65. The molecule has 182 valence electrons. The Kier molecular flexibility index (Phi) is 11.7. The number of methoxy groups -OCH3 is 1. The van der Waals surface area contributed by atoms with E-state index in [2.05, 4.69) is 74.7 Å². The minimum atomic E-state index is 0.